The maximum atomic E-state index is 13.5. The molecule has 2 heterocycles. The number of nitrogens with zero attached hydrogens (tertiary/aromatic N) is 1. The van der Waals surface area contributed by atoms with Gasteiger partial charge in [0.15, 0.2) is 0 Å². The molecule has 0 bridgehead atoms. The molecule has 2 amide bonds. The quantitative estimate of drug-likeness (QED) is 0.383. The number of ether oxygens (including phenoxy) is 2. The van der Waals surface area contributed by atoms with Crippen LogP contribution in [0.5, 0.6) is 0 Å². The van der Waals surface area contributed by atoms with Crippen LogP contribution in [-0.2, 0) is 35.1 Å². The van der Waals surface area contributed by atoms with Crippen molar-refractivity contribution in [2.24, 2.45) is 11.8 Å². The first-order valence-corrected chi connectivity index (χ1v) is 13.8. The third-order valence-corrected chi connectivity index (χ3v) is 6.94. The van der Waals surface area contributed by atoms with Crippen LogP contribution in [0.1, 0.15) is 64.9 Å². The Balaban J connectivity index is 1.69. The number of fused-ring (bicyclic) bond motifs is 1. The highest BCUT2D eigenvalue weighted by Crippen LogP contribution is 2.26. The summed E-state index contributed by atoms with van der Waals surface area (Å²) in [6.07, 6.45) is 6.02. The number of hydrogen-bond acceptors (Lipinski definition) is 7. The average molecular weight is 543 g/mol. The first kappa shape index (κ1) is 30.3. The number of nitrogens with one attached hydrogen (secondary N) is 1. The topological polar surface area (TPSA) is 122 Å². The van der Waals surface area contributed by atoms with Crippen molar-refractivity contribution in [2.75, 3.05) is 19.8 Å². The van der Waals surface area contributed by atoms with Gasteiger partial charge in [-0.15, -0.1) is 0 Å². The molecule has 0 aromatic heterocycles. The second-order valence-electron chi connectivity index (χ2n) is 11.4. The van der Waals surface area contributed by atoms with Gasteiger partial charge in [0.05, 0.1) is 36.9 Å². The number of benzene rings is 1. The molecule has 9 nitrogen and oxygen atoms in total. The molecule has 4 atom stereocenters. The van der Waals surface area contributed by atoms with Gasteiger partial charge in [-0.1, -0.05) is 42.5 Å². The molecule has 0 radical (unpaired) electrons. The molecule has 2 N–H and O–H groups in total. The largest absolute Gasteiger partial charge is 0.463 e. The van der Waals surface area contributed by atoms with Crippen LogP contribution in [0.3, 0.4) is 0 Å². The highest BCUT2D eigenvalue weighted by Gasteiger charge is 2.36. The number of esters is 2. The predicted octanol–water partition coefficient (Wildman–Crippen LogP) is 2.94. The molecule has 9 heteroatoms. The fourth-order valence-electron chi connectivity index (χ4n) is 5.04. The second-order valence-corrected chi connectivity index (χ2v) is 11.4. The number of carbonyl (C=O) groups is 4. The van der Waals surface area contributed by atoms with Crippen LogP contribution in [0.25, 0.3) is 0 Å². The molecule has 1 aromatic carbocycles. The molecule has 1 aromatic rings. The molecule has 2 aliphatic heterocycles. The molecule has 2 aliphatic rings. The zero-order chi connectivity index (χ0) is 28.4. The zero-order valence-electron chi connectivity index (χ0n) is 23.3. The van der Waals surface area contributed by atoms with E-state index in [4.69, 9.17) is 9.47 Å². The molecule has 0 saturated carbocycles. The number of aliphatic hydroxyl groups is 1. The van der Waals surface area contributed by atoms with Crippen molar-refractivity contribution < 1.29 is 33.8 Å². The third kappa shape index (κ3) is 9.80. The van der Waals surface area contributed by atoms with Crippen molar-refractivity contribution in [1.82, 2.24) is 10.2 Å². The van der Waals surface area contributed by atoms with Crippen LogP contribution in [-0.4, -0.2) is 71.2 Å². The monoisotopic (exact) mass is 542 g/mol. The van der Waals surface area contributed by atoms with Crippen molar-refractivity contribution in [3.63, 3.8) is 0 Å². The molecule has 3 rings (SSSR count). The van der Waals surface area contributed by atoms with Gasteiger partial charge in [-0.3, -0.25) is 19.2 Å². The molecule has 0 spiro atoms. The van der Waals surface area contributed by atoms with Gasteiger partial charge in [0.25, 0.3) is 0 Å². The van der Waals surface area contributed by atoms with E-state index in [1.54, 1.807) is 37.8 Å². The first-order valence-electron chi connectivity index (χ1n) is 13.8. The second kappa shape index (κ2) is 14.3. The van der Waals surface area contributed by atoms with Gasteiger partial charge in [-0.05, 0) is 58.4 Å². The summed E-state index contributed by atoms with van der Waals surface area (Å²) in [6.45, 7) is 5.71. The highest BCUT2D eigenvalue weighted by atomic mass is 16.6. The number of cyclic esters (lactones) is 1. The molecule has 39 heavy (non-hydrogen) atoms. The SMILES string of the molecule is CC(C)(C)OC(=O)C[C@@H]1C/C=C\C[C@@H](CC(=O)N[C@@H](CO)Cc2ccccc2)C(=O)N2CCC[C@H]2COC1=O. The summed E-state index contributed by atoms with van der Waals surface area (Å²) in [6, 6.07) is 8.88. The normalized spacial score (nSPS) is 24.0. The summed E-state index contributed by atoms with van der Waals surface area (Å²) in [5, 5.41) is 12.7. The standard InChI is InChI=1S/C30H42N2O7/c1-30(2,3)39-27(35)18-23-13-8-7-12-22(28(36)32-15-9-14-25(32)20-38-29(23)37)17-26(34)31-24(19-33)16-21-10-5-4-6-11-21/h4-8,10-11,22-25,33H,9,12-20H2,1-3H3,(H,31,34)/b8-7-/t22-,23-,24+,25-/m0/s1. The van der Waals surface area contributed by atoms with Gasteiger partial charge in [0, 0.05) is 13.0 Å². The molecule has 214 valence electrons. The maximum absolute atomic E-state index is 13.5. The van der Waals surface area contributed by atoms with E-state index in [-0.39, 0.29) is 50.3 Å². The number of hydrogen-bond donors (Lipinski definition) is 2. The van der Waals surface area contributed by atoms with Gasteiger partial charge >= 0.3 is 11.9 Å². The van der Waals surface area contributed by atoms with Crippen molar-refractivity contribution in [3.8, 4) is 0 Å². The summed E-state index contributed by atoms with van der Waals surface area (Å²) in [7, 11) is 0. The fourth-order valence-corrected chi connectivity index (χ4v) is 5.04. The van der Waals surface area contributed by atoms with Crippen LogP contribution in [0.4, 0.5) is 0 Å². The molecule has 0 unspecified atom stereocenters. The smallest absolute Gasteiger partial charge is 0.309 e. The summed E-state index contributed by atoms with van der Waals surface area (Å²) in [4.78, 5) is 53.4. The average Bonchev–Trinajstić information content (AvgIpc) is 3.35. The third-order valence-electron chi connectivity index (χ3n) is 6.94. The lowest BCUT2D eigenvalue weighted by Gasteiger charge is -2.29. The number of amides is 2. The molecular weight excluding hydrogens is 500 g/mol. The minimum Gasteiger partial charge on any atom is -0.463 e. The highest BCUT2D eigenvalue weighted by molar-refractivity contribution is 5.86. The zero-order valence-corrected chi connectivity index (χ0v) is 23.3. The van der Waals surface area contributed by atoms with E-state index in [1.807, 2.05) is 30.3 Å². The van der Waals surface area contributed by atoms with Gasteiger partial charge in [0.2, 0.25) is 11.8 Å². The van der Waals surface area contributed by atoms with Crippen LogP contribution in [0.2, 0.25) is 0 Å². The molecule has 0 aliphatic carbocycles. The summed E-state index contributed by atoms with van der Waals surface area (Å²) < 4.78 is 11.0. The van der Waals surface area contributed by atoms with Crippen molar-refractivity contribution in [3.05, 3.63) is 48.0 Å². The minimum atomic E-state index is -0.689. The van der Waals surface area contributed by atoms with Crippen LogP contribution < -0.4 is 5.32 Å². The Bertz CT molecular complexity index is 1020. The summed E-state index contributed by atoms with van der Waals surface area (Å²) in [5.74, 6) is -2.65. The van der Waals surface area contributed by atoms with E-state index >= 15 is 0 Å². The van der Waals surface area contributed by atoms with Crippen molar-refractivity contribution in [1.29, 1.82) is 0 Å². The molecule has 1 saturated heterocycles. The fraction of sp³-hybridized carbons (Fsp3) is 0.600. The Kier molecular flexibility index (Phi) is 11.1. The summed E-state index contributed by atoms with van der Waals surface area (Å²) in [5.41, 5.74) is 0.342. The lowest BCUT2D eigenvalue weighted by atomic mass is 9.95. The Morgan fingerprint density at radius 1 is 1.10 bits per heavy atom. The number of carbonyl (C=O) groups excluding carboxylic acids is 4. The predicted molar refractivity (Wildman–Crippen MR) is 145 cm³/mol. The van der Waals surface area contributed by atoms with Crippen LogP contribution >= 0.6 is 0 Å². The van der Waals surface area contributed by atoms with E-state index in [0.717, 1.165) is 12.0 Å². The van der Waals surface area contributed by atoms with Crippen LogP contribution in [0.15, 0.2) is 42.5 Å². The van der Waals surface area contributed by atoms with E-state index in [9.17, 15) is 24.3 Å². The Labute approximate surface area is 230 Å². The van der Waals surface area contributed by atoms with E-state index < -0.39 is 35.4 Å². The summed E-state index contributed by atoms with van der Waals surface area (Å²) >= 11 is 0. The van der Waals surface area contributed by atoms with Gasteiger partial charge < -0.3 is 24.8 Å². The van der Waals surface area contributed by atoms with Gasteiger partial charge in [-0.25, -0.2) is 0 Å². The Hall–Kier alpha value is -3.20. The maximum Gasteiger partial charge on any atom is 0.309 e. The molecule has 1 fully saturated rings. The number of rotatable bonds is 8. The Morgan fingerprint density at radius 2 is 1.79 bits per heavy atom. The molecular formula is C30H42N2O7. The van der Waals surface area contributed by atoms with E-state index in [2.05, 4.69) is 5.32 Å². The van der Waals surface area contributed by atoms with E-state index in [1.165, 1.54) is 0 Å². The van der Waals surface area contributed by atoms with E-state index in [0.29, 0.717) is 25.8 Å². The van der Waals surface area contributed by atoms with Crippen LogP contribution in [0, 0.1) is 11.8 Å². The van der Waals surface area contributed by atoms with Crippen molar-refractivity contribution >= 4 is 23.8 Å². The van der Waals surface area contributed by atoms with Crippen molar-refractivity contribution in [2.45, 2.75) is 83.4 Å². The lowest BCUT2D eigenvalue weighted by molar-refractivity contribution is -0.162. The van der Waals surface area contributed by atoms with Gasteiger partial charge in [-0.2, -0.15) is 0 Å². The minimum absolute atomic E-state index is 0.0151. The lowest BCUT2D eigenvalue weighted by Crippen LogP contribution is -2.45. The van der Waals surface area contributed by atoms with Gasteiger partial charge in [0.1, 0.15) is 12.2 Å². The number of allylic oxidation sites excluding steroid dienone is 2. The number of aliphatic hydroxyl groups excluding tert-OH is 1. The first-order chi connectivity index (χ1) is 18.6. The Morgan fingerprint density at radius 3 is 2.46 bits per heavy atom.